The Hall–Kier alpha value is -2.64. The topological polar surface area (TPSA) is 80.6 Å². The molecule has 0 spiro atoms. The molecule has 7 nitrogen and oxygen atoms in total. The summed E-state index contributed by atoms with van der Waals surface area (Å²) in [6.45, 7) is 6.42. The van der Waals surface area contributed by atoms with E-state index in [0.717, 1.165) is 48.8 Å². The van der Waals surface area contributed by atoms with E-state index in [1.807, 2.05) is 30.3 Å². The summed E-state index contributed by atoms with van der Waals surface area (Å²) in [6, 6.07) is 11.6. The van der Waals surface area contributed by atoms with Gasteiger partial charge in [-0.05, 0) is 24.8 Å². The summed E-state index contributed by atoms with van der Waals surface area (Å²) in [5, 5.41) is 6.82. The largest absolute Gasteiger partial charge is 0.496 e. The van der Waals surface area contributed by atoms with Crippen LogP contribution in [-0.4, -0.2) is 34.9 Å². The number of hydrogen-bond acceptors (Lipinski definition) is 5. The number of benzene rings is 1. The zero-order valence-electron chi connectivity index (χ0n) is 17.9. The summed E-state index contributed by atoms with van der Waals surface area (Å²) in [7, 11) is 1.68. The average molecular weight is 411 g/mol. The van der Waals surface area contributed by atoms with Crippen molar-refractivity contribution in [2.75, 3.05) is 20.3 Å². The number of ether oxygens (including phenoxy) is 2. The van der Waals surface area contributed by atoms with Gasteiger partial charge in [-0.1, -0.05) is 32.0 Å². The first-order valence-corrected chi connectivity index (χ1v) is 10.6. The summed E-state index contributed by atoms with van der Waals surface area (Å²) < 4.78 is 12.5. The second-order valence-electron chi connectivity index (χ2n) is 8.23. The summed E-state index contributed by atoms with van der Waals surface area (Å²) >= 11 is 0. The molecule has 3 heterocycles. The van der Waals surface area contributed by atoms with Crippen LogP contribution in [0, 0.1) is 5.92 Å². The predicted molar refractivity (Wildman–Crippen MR) is 116 cm³/mol. The van der Waals surface area contributed by atoms with Crippen LogP contribution in [-0.2, 0) is 11.3 Å². The van der Waals surface area contributed by atoms with Gasteiger partial charge in [0.1, 0.15) is 5.75 Å². The quantitative estimate of drug-likeness (QED) is 0.624. The molecule has 0 bridgehead atoms. The van der Waals surface area contributed by atoms with Crippen LogP contribution in [0.1, 0.15) is 55.6 Å². The van der Waals surface area contributed by atoms with Crippen LogP contribution in [0.25, 0.3) is 5.65 Å². The molecule has 0 amide bonds. The molecule has 4 rings (SSSR count). The van der Waals surface area contributed by atoms with Crippen molar-refractivity contribution in [2.24, 2.45) is 5.92 Å². The zero-order chi connectivity index (χ0) is 21.1. The predicted octanol–water partition coefficient (Wildman–Crippen LogP) is 3.41. The van der Waals surface area contributed by atoms with Gasteiger partial charge in [0.15, 0.2) is 5.65 Å². The Morgan fingerprint density at radius 2 is 2.03 bits per heavy atom. The number of nitrogens with one attached hydrogen (secondary N) is 2. The fourth-order valence-electron chi connectivity index (χ4n) is 4.16. The van der Waals surface area contributed by atoms with Crippen LogP contribution in [0.4, 0.5) is 0 Å². The van der Waals surface area contributed by atoms with Crippen molar-refractivity contribution in [1.82, 2.24) is 19.9 Å². The standard InChI is InChI=1S/C23H30N4O3/c1-15(2)23(24-14-17-6-4-5-7-20(17)29-3)19-13-22(28)27-21(25-19)12-18(26-27)16-8-10-30-11-9-16/h4-7,12-13,15-16,23-24,26H,8-11,14H2,1-3H3. The number of fused-ring (bicyclic) bond motifs is 1. The minimum Gasteiger partial charge on any atom is -0.496 e. The number of rotatable bonds is 7. The Kier molecular flexibility index (Phi) is 6.20. The van der Waals surface area contributed by atoms with Crippen LogP contribution >= 0.6 is 0 Å². The molecule has 1 atom stereocenters. The zero-order valence-corrected chi connectivity index (χ0v) is 17.9. The normalized spacial score (nSPS) is 16.3. The van der Waals surface area contributed by atoms with E-state index in [9.17, 15) is 4.79 Å². The highest BCUT2D eigenvalue weighted by molar-refractivity contribution is 5.41. The van der Waals surface area contributed by atoms with Crippen molar-refractivity contribution < 1.29 is 9.47 Å². The monoisotopic (exact) mass is 410 g/mol. The highest BCUT2D eigenvalue weighted by Crippen LogP contribution is 2.27. The SMILES string of the molecule is COc1ccccc1CNC(c1cc(=O)n2[nH]c(C3CCOCC3)cc2n1)C(C)C. The first-order chi connectivity index (χ1) is 14.6. The molecule has 1 unspecified atom stereocenters. The van der Waals surface area contributed by atoms with Gasteiger partial charge in [-0.3, -0.25) is 9.89 Å². The third kappa shape index (κ3) is 4.27. The van der Waals surface area contributed by atoms with Crippen molar-refractivity contribution in [1.29, 1.82) is 0 Å². The van der Waals surface area contributed by atoms with E-state index >= 15 is 0 Å². The number of hydrogen-bond donors (Lipinski definition) is 2. The Morgan fingerprint density at radius 1 is 1.27 bits per heavy atom. The molecular weight excluding hydrogens is 380 g/mol. The van der Waals surface area contributed by atoms with Crippen LogP contribution in [0.3, 0.4) is 0 Å². The van der Waals surface area contributed by atoms with E-state index in [0.29, 0.717) is 18.1 Å². The number of para-hydroxylation sites is 1. The van der Waals surface area contributed by atoms with Gasteiger partial charge in [0.2, 0.25) is 0 Å². The van der Waals surface area contributed by atoms with Gasteiger partial charge in [-0.25, -0.2) is 9.50 Å². The van der Waals surface area contributed by atoms with E-state index in [4.69, 9.17) is 14.5 Å². The van der Waals surface area contributed by atoms with Gasteiger partial charge < -0.3 is 14.8 Å². The molecule has 2 N–H and O–H groups in total. The van der Waals surface area contributed by atoms with Crippen LogP contribution < -0.4 is 15.6 Å². The molecule has 2 aromatic heterocycles. The van der Waals surface area contributed by atoms with Gasteiger partial charge in [0, 0.05) is 49.1 Å². The lowest BCUT2D eigenvalue weighted by molar-refractivity contribution is 0.0844. The third-order valence-electron chi connectivity index (χ3n) is 5.84. The maximum atomic E-state index is 12.8. The number of methoxy groups -OCH3 is 1. The molecule has 1 saturated heterocycles. The van der Waals surface area contributed by atoms with E-state index in [1.165, 1.54) is 0 Å². The maximum Gasteiger partial charge on any atom is 0.272 e. The lowest BCUT2D eigenvalue weighted by Gasteiger charge is -2.22. The fourth-order valence-corrected chi connectivity index (χ4v) is 4.16. The number of aromatic amines is 1. The Morgan fingerprint density at radius 3 is 2.77 bits per heavy atom. The molecule has 3 aromatic rings. The minimum absolute atomic E-state index is 0.0472. The number of aromatic nitrogens is 3. The molecule has 30 heavy (non-hydrogen) atoms. The third-order valence-corrected chi connectivity index (χ3v) is 5.84. The Balaban J connectivity index is 1.61. The van der Waals surface area contributed by atoms with E-state index < -0.39 is 0 Å². The lowest BCUT2D eigenvalue weighted by atomic mass is 9.97. The maximum absolute atomic E-state index is 12.8. The van der Waals surface area contributed by atoms with Crippen molar-refractivity contribution in [3.63, 3.8) is 0 Å². The summed E-state index contributed by atoms with van der Waals surface area (Å²) in [6.07, 6.45) is 1.92. The fraction of sp³-hybridized carbons (Fsp3) is 0.478. The van der Waals surface area contributed by atoms with E-state index in [2.05, 4.69) is 24.3 Å². The van der Waals surface area contributed by atoms with Gasteiger partial charge >= 0.3 is 0 Å². The highest BCUT2D eigenvalue weighted by Gasteiger charge is 2.22. The van der Waals surface area contributed by atoms with Gasteiger partial charge in [-0.2, -0.15) is 0 Å². The Labute approximate surface area is 176 Å². The molecule has 1 aliphatic rings. The highest BCUT2D eigenvalue weighted by atomic mass is 16.5. The second-order valence-corrected chi connectivity index (χ2v) is 8.23. The van der Waals surface area contributed by atoms with Gasteiger partial charge in [-0.15, -0.1) is 0 Å². The first kappa shape index (κ1) is 20.6. The van der Waals surface area contributed by atoms with Gasteiger partial charge in [0.05, 0.1) is 18.8 Å². The minimum atomic E-state index is -0.0851. The van der Waals surface area contributed by atoms with Crippen molar-refractivity contribution >= 4 is 5.65 Å². The van der Waals surface area contributed by atoms with E-state index in [-0.39, 0.29) is 17.5 Å². The van der Waals surface area contributed by atoms with Crippen LogP contribution in [0.5, 0.6) is 5.75 Å². The van der Waals surface area contributed by atoms with Crippen molar-refractivity contribution in [3.05, 3.63) is 63.7 Å². The second kappa shape index (κ2) is 9.02. The summed E-state index contributed by atoms with van der Waals surface area (Å²) in [5.74, 6) is 1.50. The van der Waals surface area contributed by atoms with Gasteiger partial charge in [0.25, 0.3) is 5.56 Å². The smallest absolute Gasteiger partial charge is 0.272 e. The molecule has 1 aliphatic heterocycles. The number of H-pyrrole nitrogens is 1. The van der Waals surface area contributed by atoms with Crippen LogP contribution in [0.15, 0.2) is 41.2 Å². The number of nitrogens with zero attached hydrogens (tertiary/aromatic N) is 2. The van der Waals surface area contributed by atoms with Crippen LogP contribution in [0.2, 0.25) is 0 Å². The van der Waals surface area contributed by atoms with Crippen molar-refractivity contribution in [3.8, 4) is 5.75 Å². The summed E-state index contributed by atoms with van der Waals surface area (Å²) in [5.41, 5.74) is 3.49. The molecule has 7 heteroatoms. The lowest BCUT2D eigenvalue weighted by Crippen LogP contribution is -2.28. The molecule has 1 aromatic carbocycles. The molecule has 0 radical (unpaired) electrons. The Bertz CT molecular complexity index is 1050. The molecule has 0 aliphatic carbocycles. The van der Waals surface area contributed by atoms with Crippen molar-refractivity contribution in [2.45, 2.75) is 45.2 Å². The molecule has 1 fully saturated rings. The molecule has 160 valence electrons. The first-order valence-electron chi connectivity index (χ1n) is 10.6. The molecule has 0 saturated carbocycles. The summed E-state index contributed by atoms with van der Waals surface area (Å²) in [4.78, 5) is 17.7. The molecular formula is C23H30N4O3. The average Bonchev–Trinajstić information content (AvgIpc) is 3.19. The van der Waals surface area contributed by atoms with E-state index in [1.54, 1.807) is 17.7 Å².